The first kappa shape index (κ1) is 21.3. The minimum Gasteiger partial charge on any atom is -0.324 e. The second-order valence-electron chi connectivity index (χ2n) is 7.27. The van der Waals surface area contributed by atoms with Crippen LogP contribution in [0.25, 0.3) is 16.6 Å². The van der Waals surface area contributed by atoms with Crippen molar-refractivity contribution in [1.82, 2.24) is 9.55 Å². The van der Waals surface area contributed by atoms with Crippen molar-refractivity contribution in [3.63, 3.8) is 0 Å². The van der Waals surface area contributed by atoms with E-state index in [-0.39, 0.29) is 17.2 Å². The van der Waals surface area contributed by atoms with Crippen LogP contribution in [-0.2, 0) is 4.79 Å². The maximum atomic E-state index is 13.4. The van der Waals surface area contributed by atoms with Crippen LogP contribution in [0.1, 0.15) is 16.7 Å². The third-order valence-corrected chi connectivity index (χ3v) is 6.15. The van der Waals surface area contributed by atoms with Crippen LogP contribution in [-0.4, -0.2) is 21.2 Å². The van der Waals surface area contributed by atoms with Gasteiger partial charge in [0.05, 0.1) is 33.6 Å². The van der Waals surface area contributed by atoms with Crippen LogP contribution in [0.2, 0.25) is 0 Å². The van der Waals surface area contributed by atoms with Crippen LogP contribution in [0, 0.1) is 25.2 Å². The van der Waals surface area contributed by atoms with Gasteiger partial charge in [0, 0.05) is 0 Å². The lowest BCUT2D eigenvalue weighted by molar-refractivity contribution is -0.113. The number of rotatable bonds is 5. The van der Waals surface area contributed by atoms with Crippen molar-refractivity contribution in [2.75, 3.05) is 11.1 Å². The molecular formula is C25H20N4O2S. The molecule has 0 aliphatic carbocycles. The summed E-state index contributed by atoms with van der Waals surface area (Å²) in [7, 11) is 0. The second kappa shape index (κ2) is 9.08. The van der Waals surface area contributed by atoms with E-state index in [1.807, 2.05) is 44.2 Å². The number of carbonyl (C=O) groups excluding carboxylic acids is 1. The molecule has 0 saturated carbocycles. The van der Waals surface area contributed by atoms with Crippen molar-refractivity contribution in [1.29, 1.82) is 5.26 Å². The number of nitrogens with one attached hydrogen (secondary N) is 1. The van der Waals surface area contributed by atoms with E-state index in [0.29, 0.717) is 27.3 Å². The number of para-hydroxylation sites is 2. The number of amides is 1. The Labute approximate surface area is 189 Å². The van der Waals surface area contributed by atoms with E-state index in [2.05, 4.69) is 16.4 Å². The average Bonchev–Trinajstić information content (AvgIpc) is 2.80. The minimum absolute atomic E-state index is 0.0371. The van der Waals surface area contributed by atoms with Gasteiger partial charge in [-0.05, 0) is 55.3 Å². The lowest BCUT2D eigenvalue weighted by Crippen LogP contribution is -2.23. The van der Waals surface area contributed by atoms with Crippen LogP contribution in [0.5, 0.6) is 0 Å². The molecular weight excluding hydrogens is 420 g/mol. The van der Waals surface area contributed by atoms with Gasteiger partial charge in [-0.25, -0.2) is 4.98 Å². The summed E-state index contributed by atoms with van der Waals surface area (Å²) < 4.78 is 1.58. The molecule has 6 nitrogen and oxygen atoms in total. The van der Waals surface area contributed by atoms with E-state index in [9.17, 15) is 14.9 Å². The molecule has 3 aromatic carbocycles. The summed E-state index contributed by atoms with van der Waals surface area (Å²) in [6.45, 7) is 3.96. The smallest absolute Gasteiger partial charge is 0.266 e. The molecule has 0 spiro atoms. The fraction of sp³-hybridized carbons (Fsp3) is 0.120. The lowest BCUT2D eigenvalue weighted by Gasteiger charge is -2.16. The molecule has 4 rings (SSSR count). The van der Waals surface area contributed by atoms with Crippen LogP contribution in [0.15, 0.2) is 76.7 Å². The van der Waals surface area contributed by atoms with Crippen LogP contribution >= 0.6 is 11.8 Å². The number of fused-ring (bicyclic) bond motifs is 1. The molecule has 0 radical (unpaired) electrons. The highest BCUT2D eigenvalue weighted by molar-refractivity contribution is 7.99. The van der Waals surface area contributed by atoms with Gasteiger partial charge in [-0.1, -0.05) is 48.2 Å². The first-order chi connectivity index (χ1) is 15.5. The highest BCUT2D eigenvalue weighted by Gasteiger charge is 2.17. The van der Waals surface area contributed by atoms with E-state index in [0.717, 1.165) is 16.8 Å². The number of anilines is 1. The summed E-state index contributed by atoms with van der Waals surface area (Å²) in [5.41, 5.74) is 4.02. The van der Waals surface area contributed by atoms with Crippen molar-refractivity contribution in [2.24, 2.45) is 0 Å². The van der Waals surface area contributed by atoms with Crippen molar-refractivity contribution in [2.45, 2.75) is 19.0 Å². The van der Waals surface area contributed by atoms with Crippen molar-refractivity contribution >= 4 is 34.3 Å². The summed E-state index contributed by atoms with van der Waals surface area (Å²) in [5.74, 6) is -0.247. The number of thioether (sulfide) groups is 1. The molecule has 0 bridgehead atoms. The Hall–Kier alpha value is -3.89. The molecule has 0 unspecified atom stereocenters. The molecule has 158 valence electrons. The van der Waals surface area contributed by atoms with Crippen LogP contribution < -0.4 is 10.9 Å². The van der Waals surface area contributed by atoms with Gasteiger partial charge in [0.2, 0.25) is 5.91 Å². The molecule has 0 saturated heterocycles. The highest BCUT2D eigenvalue weighted by Crippen LogP contribution is 2.25. The SMILES string of the molecule is Cc1cccc(-n2c(SCC(=O)Nc3ccccc3C#N)nc3ccccc3c2=O)c1C. The van der Waals surface area contributed by atoms with Gasteiger partial charge in [0.15, 0.2) is 5.16 Å². The van der Waals surface area contributed by atoms with Gasteiger partial charge in [-0.2, -0.15) is 5.26 Å². The molecule has 4 aromatic rings. The molecule has 32 heavy (non-hydrogen) atoms. The molecule has 1 heterocycles. The third kappa shape index (κ3) is 4.13. The summed E-state index contributed by atoms with van der Waals surface area (Å²) in [6, 6.07) is 21.9. The normalized spacial score (nSPS) is 10.7. The van der Waals surface area contributed by atoms with E-state index < -0.39 is 0 Å². The van der Waals surface area contributed by atoms with Crippen LogP contribution in [0.4, 0.5) is 5.69 Å². The topological polar surface area (TPSA) is 87.8 Å². The van der Waals surface area contributed by atoms with E-state index in [1.54, 1.807) is 41.0 Å². The van der Waals surface area contributed by atoms with Gasteiger partial charge in [-0.3, -0.25) is 14.2 Å². The summed E-state index contributed by atoms with van der Waals surface area (Å²) >= 11 is 1.18. The zero-order valence-corrected chi connectivity index (χ0v) is 18.4. The standard InChI is InChI=1S/C25H20N4O2S/c1-16-8-7-13-22(17(16)2)29-24(31)19-10-4-6-12-21(19)28-25(29)32-15-23(30)27-20-11-5-3-9-18(20)14-26/h3-13H,15H2,1-2H3,(H,27,30). The molecule has 1 amide bonds. The predicted molar refractivity (Wildman–Crippen MR) is 127 cm³/mol. The first-order valence-electron chi connectivity index (χ1n) is 9.99. The monoisotopic (exact) mass is 440 g/mol. The predicted octanol–water partition coefficient (Wildman–Crippen LogP) is 4.61. The van der Waals surface area contributed by atoms with Gasteiger partial charge in [0.1, 0.15) is 6.07 Å². The first-order valence-corrected chi connectivity index (χ1v) is 11.0. The molecule has 0 fully saturated rings. The van der Waals surface area contributed by atoms with Gasteiger partial charge in [-0.15, -0.1) is 0 Å². The summed E-state index contributed by atoms with van der Waals surface area (Å²) in [5, 5.41) is 12.9. The zero-order chi connectivity index (χ0) is 22.7. The third-order valence-electron chi connectivity index (χ3n) is 5.22. The Bertz CT molecular complexity index is 1440. The number of nitriles is 1. The number of aromatic nitrogens is 2. The Morgan fingerprint density at radius 2 is 1.81 bits per heavy atom. The number of hydrogen-bond acceptors (Lipinski definition) is 5. The fourth-order valence-electron chi connectivity index (χ4n) is 3.41. The van der Waals surface area contributed by atoms with Crippen molar-refractivity contribution < 1.29 is 4.79 Å². The average molecular weight is 441 g/mol. The molecule has 1 aromatic heterocycles. The van der Waals surface area contributed by atoms with E-state index in [1.165, 1.54) is 11.8 Å². The van der Waals surface area contributed by atoms with Gasteiger partial charge < -0.3 is 5.32 Å². The molecule has 0 aliphatic heterocycles. The van der Waals surface area contributed by atoms with Gasteiger partial charge >= 0.3 is 0 Å². The highest BCUT2D eigenvalue weighted by atomic mass is 32.2. The quantitative estimate of drug-likeness (QED) is 0.362. The maximum Gasteiger partial charge on any atom is 0.266 e. The number of nitrogens with zero attached hydrogens (tertiary/aromatic N) is 3. The van der Waals surface area contributed by atoms with Crippen molar-refractivity contribution in [3.8, 4) is 11.8 Å². The molecule has 0 atom stereocenters. The molecule has 0 aliphatic rings. The Balaban J connectivity index is 1.72. The lowest BCUT2D eigenvalue weighted by atomic mass is 10.1. The minimum atomic E-state index is -0.285. The van der Waals surface area contributed by atoms with E-state index >= 15 is 0 Å². The number of benzene rings is 3. The Morgan fingerprint density at radius 1 is 1.06 bits per heavy atom. The summed E-state index contributed by atoms with van der Waals surface area (Å²) in [4.78, 5) is 30.7. The second-order valence-corrected chi connectivity index (χ2v) is 8.21. The summed E-state index contributed by atoms with van der Waals surface area (Å²) in [6.07, 6.45) is 0. The molecule has 1 N–H and O–H groups in total. The Morgan fingerprint density at radius 3 is 2.62 bits per heavy atom. The largest absolute Gasteiger partial charge is 0.324 e. The zero-order valence-electron chi connectivity index (χ0n) is 17.6. The Kier molecular flexibility index (Phi) is 6.06. The number of hydrogen-bond donors (Lipinski definition) is 1. The number of aryl methyl sites for hydroxylation is 1. The molecule has 7 heteroatoms. The van der Waals surface area contributed by atoms with Crippen molar-refractivity contribution in [3.05, 3.63) is 93.8 Å². The maximum absolute atomic E-state index is 13.4. The fourth-order valence-corrected chi connectivity index (χ4v) is 4.21. The van der Waals surface area contributed by atoms with E-state index in [4.69, 9.17) is 0 Å². The van der Waals surface area contributed by atoms with Crippen LogP contribution in [0.3, 0.4) is 0 Å². The van der Waals surface area contributed by atoms with Gasteiger partial charge in [0.25, 0.3) is 5.56 Å². The number of carbonyl (C=O) groups is 1.